The van der Waals surface area contributed by atoms with Gasteiger partial charge >= 0.3 is 5.97 Å². The molecule has 8 heteroatoms. The zero-order valence-electron chi connectivity index (χ0n) is 15.4. The maximum absolute atomic E-state index is 13.6. The quantitative estimate of drug-likeness (QED) is 0.735. The first kappa shape index (κ1) is 19.6. The normalized spacial score (nSPS) is 14.0. The van der Waals surface area contributed by atoms with Crippen molar-refractivity contribution < 1.29 is 27.8 Å². The van der Waals surface area contributed by atoms with Gasteiger partial charge in [0.25, 0.3) is 5.91 Å². The predicted molar refractivity (Wildman–Crippen MR) is 98.4 cm³/mol. The van der Waals surface area contributed by atoms with E-state index in [0.717, 1.165) is 29.6 Å². The molecule has 3 rings (SSSR count). The Labute approximate surface area is 161 Å². The third-order valence-corrected chi connectivity index (χ3v) is 4.55. The molecule has 1 aliphatic heterocycles. The average molecular weight is 390 g/mol. The standard InChI is InChI=1S/C20H20F2N2O4/c1-27-16-5-3-15(4-6-16)23-8-10-24(11-9-23)19(25)13-28-20(26)17-12-14(21)2-7-18(17)22/h2-7,12H,8-11,13H2,1H3. The van der Waals surface area contributed by atoms with Crippen LogP contribution in [0.4, 0.5) is 14.5 Å². The third kappa shape index (κ3) is 4.57. The van der Waals surface area contributed by atoms with Crippen LogP contribution in [0.5, 0.6) is 5.75 Å². The maximum atomic E-state index is 13.6. The van der Waals surface area contributed by atoms with Crippen molar-refractivity contribution >= 4 is 17.6 Å². The number of ether oxygens (including phenoxy) is 2. The molecule has 0 aliphatic carbocycles. The van der Waals surface area contributed by atoms with Crippen LogP contribution in [0.15, 0.2) is 42.5 Å². The van der Waals surface area contributed by atoms with E-state index in [2.05, 4.69) is 4.90 Å². The Morgan fingerprint density at radius 2 is 1.68 bits per heavy atom. The molecule has 0 saturated carbocycles. The van der Waals surface area contributed by atoms with Gasteiger partial charge in [0.05, 0.1) is 12.7 Å². The second-order valence-electron chi connectivity index (χ2n) is 6.27. The lowest BCUT2D eigenvalue weighted by Crippen LogP contribution is -2.49. The summed E-state index contributed by atoms with van der Waals surface area (Å²) in [4.78, 5) is 27.8. The fraction of sp³-hybridized carbons (Fsp3) is 0.300. The summed E-state index contributed by atoms with van der Waals surface area (Å²) in [6, 6.07) is 10.1. The topological polar surface area (TPSA) is 59.1 Å². The molecule has 1 aliphatic rings. The van der Waals surface area contributed by atoms with Crippen LogP contribution in [0.1, 0.15) is 10.4 Å². The van der Waals surface area contributed by atoms with E-state index < -0.39 is 29.8 Å². The molecule has 1 amide bonds. The molecule has 6 nitrogen and oxygen atoms in total. The molecule has 0 bridgehead atoms. The molecule has 0 radical (unpaired) electrons. The highest BCUT2D eigenvalue weighted by Gasteiger charge is 2.23. The Bertz CT molecular complexity index is 850. The van der Waals surface area contributed by atoms with Crippen molar-refractivity contribution in [1.82, 2.24) is 4.90 Å². The van der Waals surface area contributed by atoms with Gasteiger partial charge in [-0.05, 0) is 42.5 Å². The van der Waals surface area contributed by atoms with Crippen LogP contribution in [-0.4, -0.2) is 56.7 Å². The SMILES string of the molecule is COc1ccc(N2CCN(C(=O)COC(=O)c3cc(F)ccc3F)CC2)cc1. The number of anilines is 1. The molecule has 0 aromatic heterocycles. The minimum Gasteiger partial charge on any atom is -0.497 e. The minimum atomic E-state index is -1.07. The number of hydrogen-bond donors (Lipinski definition) is 0. The number of hydrogen-bond acceptors (Lipinski definition) is 5. The lowest BCUT2D eigenvalue weighted by atomic mass is 10.2. The van der Waals surface area contributed by atoms with E-state index in [1.165, 1.54) is 0 Å². The molecule has 1 saturated heterocycles. The molecule has 0 N–H and O–H groups in total. The van der Waals surface area contributed by atoms with Crippen molar-refractivity contribution in [3.05, 3.63) is 59.7 Å². The van der Waals surface area contributed by atoms with E-state index in [-0.39, 0.29) is 5.91 Å². The summed E-state index contributed by atoms with van der Waals surface area (Å²) < 4.78 is 36.7. The van der Waals surface area contributed by atoms with Crippen molar-refractivity contribution in [2.24, 2.45) is 0 Å². The van der Waals surface area contributed by atoms with Gasteiger partial charge in [0.15, 0.2) is 6.61 Å². The third-order valence-electron chi connectivity index (χ3n) is 4.55. The van der Waals surface area contributed by atoms with Crippen LogP contribution in [0.25, 0.3) is 0 Å². The number of nitrogens with zero attached hydrogens (tertiary/aromatic N) is 2. The number of halogens is 2. The van der Waals surface area contributed by atoms with Gasteiger partial charge in [0.1, 0.15) is 17.4 Å². The Hall–Kier alpha value is -3.16. The second kappa shape index (κ2) is 8.69. The Kier molecular flexibility index (Phi) is 6.08. The van der Waals surface area contributed by atoms with E-state index in [1.807, 2.05) is 24.3 Å². The Morgan fingerprint density at radius 3 is 2.32 bits per heavy atom. The predicted octanol–water partition coefficient (Wildman–Crippen LogP) is 2.48. The van der Waals surface area contributed by atoms with E-state index in [9.17, 15) is 18.4 Å². The van der Waals surface area contributed by atoms with Gasteiger partial charge in [0, 0.05) is 31.9 Å². The highest BCUT2D eigenvalue weighted by molar-refractivity contribution is 5.91. The van der Waals surface area contributed by atoms with Gasteiger partial charge in [-0.3, -0.25) is 4.79 Å². The fourth-order valence-electron chi connectivity index (χ4n) is 2.96. The zero-order chi connectivity index (χ0) is 20.1. The number of amides is 1. The van der Waals surface area contributed by atoms with Crippen molar-refractivity contribution in [1.29, 1.82) is 0 Å². The van der Waals surface area contributed by atoms with Crippen molar-refractivity contribution in [2.45, 2.75) is 0 Å². The number of carbonyl (C=O) groups is 2. The average Bonchev–Trinajstić information content (AvgIpc) is 2.73. The van der Waals surface area contributed by atoms with E-state index >= 15 is 0 Å². The number of esters is 1. The lowest BCUT2D eigenvalue weighted by molar-refractivity contribution is -0.134. The van der Waals surface area contributed by atoms with Crippen molar-refractivity contribution in [3.8, 4) is 5.75 Å². The minimum absolute atomic E-state index is 0.375. The fourth-order valence-corrected chi connectivity index (χ4v) is 2.96. The van der Waals surface area contributed by atoms with Crippen molar-refractivity contribution in [3.63, 3.8) is 0 Å². The summed E-state index contributed by atoms with van der Waals surface area (Å²) >= 11 is 0. The van der Waals surface area contributed by atoms with Gasteiger partial charge in [-0.25, -0.2) is 13.6 Å². The molecule has 2 aromatic carbocycles. The van der Waals surface area contributed by atoms with E-state index in [4.69, 9.17) is 9.47 Å². The molecule has 0 unspecified atom stereocenters. The lowest BCUT2D eigenvalue weighted by Gasteiger charge is -2.36. The largest absolute Gasteiger partial charge is 0.497 e. The summed E-state index contributed by atoms with van der Waals surface area (Å²) in [5.41, 5.74) is 0.498. The first-order chi connectivity index (χ1) is 13.5. The summed E-state index contributed by atoms with van der Waals surface area (Å²) in [5.74, 6) is -2.32. The first-order valence-electron chi connectivity index (χ1n) is 8.77. The van der Waals surface area contributed by atoms with Crippen LogP contribution in [-0.2, 0) is 9.53 Å². The number of benzene rings is 2. The van der Waals surface area contributed by atoms with Crippen LogP contribution in [0, 0.1) is 11.6 Å². The zero-order valence-corrected chi connectivity index (χ0v) is 15.4. The summed E-state index contributed by atoms with van der Waals surface area (Å²) in [6.45, 7) is 1.68. The maximum Gasteiger partial charge on any atom is 0.341 e. The molecule has 1 fully saturated rings. The van der Waals surface area contributed by atoms with Gasteiger partial charge in [-0.15, -0.1) is 0 Å². The highest BCUT2D eigenvalue weighted by atomic mass is 19.1. The monoisotopic (exact) mass is 390 g/mol. The molecular weight excluding hydrogens is 370 g/mol. The second-order valence-corrected chi connectivity index (χ2v) is 6.27. The summed E-state index contributed by atoms with van der Waals surface area (Å²) in [5, 5.41) is 0. The summed E-state index contributed by atoms with van der Waals surface area (Å²) in [6.07, 6.45) is 0. The molecule has 0 atom stereocenters. The van der Waals surface area contributed by atoms with Gasteiger partial charge in [-0.2, -0.15) is 0 Å². The van der Waals surface area contributed by atoms with Gasteiger partial charge < -0.3 is 19.3 Å². The molecule has 0 spiro atoms. The van der Waals surface area contributed by atoms with E-state index in [0.29, 0.717) is 26.2 Å². The Balaban J connectivity index is 1.49. The van der Waals surface area contributed by atoms with Crippen LogP contribution in [0.2, 0.25) is 0 Å². The smallest absolute Gasteiger partial charge is 0.341 e. The molecule has 2 aromatic rings. The summed E-state index contributed by atoms with van der Waals surface area (Å²) in [7, 11) is 1.61. The number of rotatable bonds is 5. The number of piperazine rings is 1. The Morgan fingerprint density at radius 1 is 1.00 bits per heavy atom. The number of methoxy groups -OCH3 is 1. The number of carbonyl (C=O) groups excluding carboxylic acids is 2. The van der Waals surface area contributed by atoms with Crippen LogP contribution >= 0.6 is 0 Å². The molecule has 1 heterocycles. The van der Waals surface area contributed by atoms with E-state index in [1.54, 1.807) is 12.0 Å². The molecule has 28 heavy (non-hydrogen) atoms. The van der Waals surface area contributed by atoms with Crippen molar-refractivity contribution in [2.75, 3.05) is 44.8 Å². The van der Waals surface area contributed by atoms with Gasteiger partial charge in [0.2, 0.25) is 0 Å². The molecule has 148 valence electrons. The van der Waals surface area contributed by atoms with Gasteiger partial charge in [-0.1, -0.05) is 0 Å². The first-order valence-corrected chi connectivity index (χ1v) is 8.77. The highest BCUT2D eigenvalue weighted by Crippen LogP contribution is 2.20. The van der Waals surface area contributed by atoms with Crippen LogP contribution in [0.3, 0.4) is 0 Å². The molecular formula is C20H20F2N2O4. The van der Waals surface area contributed by atoms with Crippen LogP contribution < -0.4 is 9.64 Å².